The van der Waals surface area contributed by atoms with Crippen LogP contribution in [0.3, 0.4) is 0 Å². The zero-order valence-corrected chi connectivity index (χ0v) is 10.9. The van der Waals surface area contributed by atoms with Gasteiger partial charge in [0.2, 0.25) is 5.75 Å². The van der Waals surface area contributed by atoms with Gasteiger partial charge in [0, 0.05) is 11.6 Å². The van der Waals surface area contributed by atoms with Crippen molar-refractivity contribution in [3.63, 3.8) is 0 Å². The van der Waals surface area contributed by atoms with E-state index in [2.05, 4.69) is 20.7 Å². The Morgan fingerprint density at radius 1 is 1.50 bits per heavy atom. The number of hydrogen-bond acceptors (Lipinski definition) is 5. The van der Waals surface area contributed by atoms with E-state index in [1.807, 2.05) is 0 Å². The molecule has 0 bridgehead atoms. The third-order valence-corrected chi connectivity index (χ3v) is 2.63. The number of carbonyl (C=O) groups excluding carboxylic acids is 1. The van der Waals surface area contributed by atoms with Crippen molar-refractivity contribution in [2.75, 3.05) is 0 Å². The second-order valence-corrected chi connectivity index (χ2v) is 4.26. The number of ketones is 1. The number of nitro groups is 1. The van der Waals surface area contributed by atoms with Crippen LogP contribution in [0.4, 0.5) is 18.9 Å². The maximum Gasteiger partial charge on any atom is 0.573 e. The summed E-state index contributed by atoms with van der Waals surface area (Å²) < 4.78 is 39.7. The second kappa shape index (κ2) is 5.87. The van der Waals surface area contributed by atoms with E-state index in [9.17, 15) is 28.1 Å². The summed E-state index contributed by atoms with van der Waals surface area (Å²) in [6, 6.07) is 3.72. The van der Waals surface area contributed by atoms with Crippen LogP contribution < -0.4 is 4.74 Å². The van der Waals surface area contributed by atoms with Gasteiger partial charge in [0.15, 0.2) is 10.6 Å². The highest BCUT2D eigenvalue weighted by molar-refractivity contribution is 9.10. The fraction of sp³-hybridized carbons (Fsp3) is 0.200. The molecule has 0 radical (unpaired) electrons. The lowest BCUT2D eigenvalue weighted by Crippen LogP contribution is -2.18. The Labute approximate surface area is 118 Å². The summed E-state index contributed by atoms with van der Waals surface area (Å²) >= 11 is 2.72. The molecular formula is C10H4BrF3N2O4. The van der Waals surface area contributed by atoms with Gasteiger partial charge in [-0.05, 0) is 12.1 Å². The van der Waals surface area contributed by atoms with Gasteiger partial charge in [0.25, 0.3) is 0 Å². The third-order valence-electron chi connectivity index (χ3n) is 2.01. The van der Waals surface area contributed by atoms with Gasteiger partial charge in [-0.15, -0.1) is 13.2 Å². The van der Waals surface area contributed by atoms with Crippen LogP contribution in [-0.4, -0.2) is 21.9 Å². The van der Waals surface area contributed by atoms with Crippen molar-refractivity contribution < 1.29 is 27.6 Å². The van der Waals surface area contributed by atoms with Crippen molar-refractivity contribution in [2.24, 2.45) is 0 Å². The highest BCUT2D eigenvalue weighted by Gasteiger charge is 2.35. The molecule has 0 N–H and O–H groups in total. The van der Waals surface area contributed by atoms with Crippen LogP contribution in [0.5, 0.6) is 5.75 Å². The zero-order valence-electron chi connectivity index (χ0n) is 9.35. The Kier molecular flexibility index (Phi) is 4.67. The van der Waals surface area contributed by atoms with E-state index in [1.165, 1.54) is 0 Å². The van der Waals surface area contributed by atoms with Gasteiger partial charge >= 0.3 is 12.0 Å². The molecule has 0 heterocycles. The number of hydrogen-bond donors (Lipinski definition) is 0. The number of alkyl halides is 4. The minimum Gasteiger partial charge on any atom is -0.398 e. The number of Topliss-reactive ketones (excluding diaryl/α,β-unsaturated/α-hetero) is 1. The lowest BCUT2D eigenvalue weighted by molar-refractivity contribution is -0.388. The monoisotopic (exact) mass is 352 g/mol. The summed E-state index contributed by atoms with van der Waals surface area (Å²) in [7, 11) is 0. The maximum absolute atomic E-state index is 12.1. The molecule has 106 valence electrons. The molecule has 0 spiro atoms. The molecule has 1 atom stereocenters. The lowest BCUT2D eigenvalue weighted by Gasteiger charge is -2.10. The molecule has 0 aliphatic carbocycles. The van der Waals surface area contributed by atoms with Crippen LogP contribution >= 0.6 is 15.9 Å². The predicted octanol–water partition coefficient (Wildman–Crippen LogP) is 2.96. The fourth-order valence-corrected chi connectivity index (χ4v) is 1.49. The van der Waals surface area contributed by atoms with Gasteiger partial charge in [0.1, 0.15) is 0 Å². The SMILES string of the molecule is N#CC(Br)C(=O)c1ccc(OC(F)(F)F)c([N+](=O)[O-])c1. The Bertz CT molecular complexity index is 597. The summed E-state index contributed by atoms with van der Waals surface area (Å²) in [6.07, 6.45) is -5.10. The average molecular weight is 353 g/mol. The van der Waals surface area contributed by atoms with Crippen LogP contribution in [0.15, 0.2) is 18.2 Å². The van der Waals surface area contributed by atoms with Crippen LogP contribution in [-0.2, 0) is 0 Å². The first kappa shape index (κ1) is 15.9. The normalized spacial score (nSPS) is 12.3. The minimum absolute atomic E-state index is 0.283. The molecule has 0 saturated carbocycles. The smallest absolute Gasteiger partial charge is 0.398 e. The first-order valence-electron chi connectivity index (χ1n) is 4.78. The number of carbonyl (C=O) groups is 1. The summed E-state index contributed by atoms with van der Waals surface area (Å²) in [5.41, 5.74) is -1.31. The quantitative estimate of drug-likeness (QED) is 0.359. The summed E-state index contributed by atoms with van der Waals surface area (Å²) in [5.74, 6) is -1.85. The molecule has 1 aromatic rings. The van der Waals surface area contributed by atoms with Gasteiger partial charge in [-0.3, -0.25) is 14.9 Å². The van der Waals surface area contributed by atoms with Gasteiger partial charge < -0.3 is 4.74 Å². The van der Waals surface area contributed by atoms with E-state index >= 15 is 0 Å². The highest BCUT2D eigenvalue weighted by Crippen LogP contribution is 2.33. The Hall–Kier alpha value is -2.15. The molecule has 0 aliphatic heterocycles. The van der Waals surface area contributed by atoms with Gasteiger partial charge in [-0.25, -0.2) is 0 Å². The van der Waals surface area contributed by atoms with Crippen molar-refractivity contribution in [2.45, 2.75) is 11.2 Å². The minimum atomic E-state index is -5.10. The number of halogens is 4. The molecule has 1 unspecified atom stereocenters. The van der Waals surface area contributed by atoms with Gasteiger partial charge in [-0.1, -0.05) is 15.9 Å². The van der Waals surface area contributed by atoms with Gasteiger partial charge in [-0.2, -0.15) is 5.26 Å². The van der Waals surface area contributed by atoms with Crippen molar-refractivity contribution in [3.05, 3.63) is 33.9 Å². The van der Waals surface area contributed by atoms with Crippen molar-refractivity contribution in [1.82, 2.24) is 0 Å². The van der Waals surface area contributed by atoms with E-state index < -0.39 is 33.3 Å². The van der Waals surface area contributed by atoms with Crippen LogP contribution in [0.1, 0.15) is 10.4 Å². The van der Waals surface area contributed by atoms with Crippen molar-refractivity contribution in [3.8, 4) is 11.8 Å². The van der Waals surface area contributed by atoms with Crippen molar-refractivity contribution >= 4 is 27.4 Å². The second-order valence-electron chi connectivity index (χ2n) is 3.34. The first-order chi connectivity index (χ1) is 9.15. The molecule has 0 aromatic heterocycles. The molecule has 20 heavy (non-hydrogen) atoms. The number of nitriles is 1. The topological polar surface area (TPSA) is 93.2 Å². The molecule has 10 heteroatoms. The third kappa shape index (κ3) is 3.92. The maximum atomic E-state index is 12.1. The highest BCUT2D eigenvalue weighted by atomic mass is 79.9. The van der Waals surface area contributed by atoms with Crippen LogP contribution in [0.2, 0.25) is 0 Å². The first-order valence-corrected chi connectivity index (χ1v) is 5.69. The van der Waals surface area contributed by atoms with E-state index in [0.717, 1.165) is 6.07 Å². The molecule has 1 aromatic carbocycles. The number of rotatable bonds is 4. The van der Waals surface area contributed by atoms with Crippen LogP contribution in [0.25, 0.3) is 0 Å². The number of benzene rings is 1. The molecule has 0 amide bonds. The predicted molar refractivity (Wildman–Crippen MR) is 62.4 cm³/mol. The summed E-state index contributed by atoms with van der Waals surface area (Å²) in [4.78, 5) is 19.9. The molecule has 0 saturated heterocycles. The Morgan fingerprint density at radius 2 is 2.10 bits per heavy atom. The standard InChI is InChI=1S/C10H4BrF3N2O4/c11-6(4-15)9(17)5-1-2-8(20-10(12,13)14)7(3-5)16(18)19/h1-3,6H. The van der Waals surface area contributed by atoms with Gasteiger partial charge in [0.05, 0.1) is 11.0 Å². The average Bonchev–Trinajstić information content (AvgIpc) is 2.35. The molecule has 1 rings (SSSR count). The zero-order chi connectivity index (χ0) is 15.5. The molecule has 0 aliphatic rings. The van der Waals surface area contributed by atoms with E-state index in [1.54, 1.807) is 6.07 Å². The molecule has 6 nitrogen and oxygen atoms in total. The Morgan fingerprint density at radius 3 is 2.55 bits per heavy atom. The number of ether oxygens (including phenoxy) is 1. The van der Waals surface area contributed by atoms with Crippen LogP contribution in [0, 0.1) is 21.4 Å². The summed E-state index contributed by atoms with van der Waals surface area (Å²) in [6.45, 7) is 0. The lowest BCUT2D eigenvalue weighted by atomic mass is 10.1. The van der Waals surface area contributed by atoms with Crippen molar-refractivity contribution in [1.29, 1.82) is 5.26 Å². The number of nitro benzene ring substituents is 1. The fourth-order valence-electron chi connectivity index (χ4n) is 1.23. The number of nitrogens with zero attached hydrogens (tertiary/aromatic N) is 2. The van der Waals surface area contributed by atoms with E-state index in [-0.39, 0.29) is 5.56 Å². The molecular weight excluding hydrogens is 349 g/mol. The molecule has 0 fully saturated rings. The summed E-state index contributed by atoms with van der Waals surface area (Å²) in [5, 5.41) is 19.2. The van der Waals surface area contributed by atoms with E-state index in [4.69, 9.17) is 5.26 Å². The Balaban J connectivity index is 3.24. The largest absolute Gasteiger partial charge is 0.573 e. The van der Waals surface area contributed by atoms with E-state index in [0.29, 0.717) is 12.1 Å².